The van der Waals surface area contributed by atoms with Gasteiger partial charge in [0.2, 0.25) is 15.9 Å². The summed E-state index contributed by atoms with van der Waals surface area (Å²) in [5.41, 5.74) is 1.19. The molecule has 26 heavy (non-hydrogen) atoms. The zero-order valence-corrected chi connectivity index (χ0v) is 15.3. The Balaban J connectivity index is 1.96. The molecular formula is C18H21N3O4S. The van der Waals surface area contributed by atoms with Gasteiger partial charge in [-0.3, -0.25) is 9.59 Å². The van der Waals surface area contributed by atoms with Crippen LogP contribution in [-0.4, -0.2) is 26.3 Å². The number of carbonyl (C=O) groups excluding carboxylic acids is 2. The van der Waals surface area contributed by atoms with E-state index in [9.17, 15) is 18.0 Å². The number of rotatable bonds is 6. The number of sulfonamides is 1. The molecule has 0 radical (unpaired) electrons. The highest BCUT2D eigenvalue weighted by Gasteiger charge is 2.19. The number of nitrogens with two attached hydrogens (primary N) is 1. The lowest BCUT2D eigenvalue weighted by Crippen LogP contribution is -2.45. The van der Waals surface area contributed by atoms with Crippen molar-refractivity contribution < 1.29 is 18.0 Å². The molecule has 0 fully saturated rings. The van der Waals surface area contributed by atoms with Crippen molar-refractivity contribution >= 4 is 21.8 Å². The first kappa shape index (κ1) is 19.6. The molecule has 2 aromatic carbocycles. The number of amides is 2. The SMILES string of the molecule is C[C@@H](NC(=O)c1ccccc1)C(=O)N[C@H](C)c1ccc(S(N)(=O)=O)cc1. The van der Waals surface area contributed by atoms with Crippen LogP contribution in [0.5, 0.6) is 0 Å². The molecule has 4 N–H and O–H groups in total. The molecule has 0 spiro atoms. The summed E-state index contributed by atoms with van der Waals surface area (Å²) in [6.07, 6.45) is 0. The van der Waals surface area contributed by atoms with E-state index in [0.717, 1.165) is 0 Å². The van der Waals surface area contributed by atoms with Gasteiger partial charge in [0.05, 0.1) is 10.9 Å². The second-order valence-corrected chi connectivity index (χ2v) is 7.47. The number of benzene rings is 2. The topological polar surface area (TPSA) is 118 Å². The van der Waals surface area contributed by atoms with Crippen LogP contribution in [0.15, 0.2) is 59.5 Å². The van der Waals surface area contributed by atoms with Crippen LogP contribution in [-0.2, 0) is 14.8 Å². The zero-order chi connectivity index (χ0) is 19.3. The van der Waals surface area contributed by atoms with E-state index in [1.165, 1.54) is 12.1 Å². The third kappa shape index (κ3) is 5.14. The molecule has 0 saturated heterocycles. The van der Waals surface area contributed by atoms with Crippen molar-refractivity contribution in [3.63, 3.8) is 0 Å². The molecule has 2 amide bonds. The largest absolute Gasteiger partial charge is 0.348 e. The first-order valence-corrected chi connectivity index (χ1v) is 9.52. The highest BCUT2D eigenvalue weighted by molar-refractivity contribution is 7.89. The minimum atomic E-state index is -3.76. The molecule has 7 nitrogen and oxygen atoms in total. The van der Waals surface area contributed by atoms with E-state index in [0.29, 0.717) is 11.1 Å². The molecule has 0 aliphatic carbocycles. The van der Waals surface area contributed by atoms with Gasteiger partial charge < -0.3 is 10.6 Å². The average molecular weight is 375 g/mol. The third-order valence-corrected chi connectivity index (χ3v) is 4.77. The van der Waals surface area contributed by atoms with E-state index in [-0.39, 0.29) is 22.8 Å². The average Bonchev–Trinajstić information content (AvgIpc) is 2.61. The molecule has 0 bridgehead atoms. The van der Waals surface area contributed by atoms with Crippen molar-refractivity contribution in [3.05, 3.63) is 65.7 Å². The van der Waals surface area contributed by atoms with Crippen LogP contribution >= 0.6 is 0 Å². The van der Waals surface area contributed by atoms with Crippen molar-refractivity contribution in [2.45, 2.75) is 30.8 Å². The molecule has 0 aliphatic rings. The standard InChI is InChI=1S/C18H21N3O4S/c1-12(14-8-10-16(11-9-14)26(19,24)25)20-17(22)13(2)21-18(23)15-6-4-3-5-7-15/h3-13H,1-2H3,(H,20,22)(H,21,23)(H2,19,24,25)/t12-,13-/m1/s1. The Hall–Kier alpha value is -2.71. The predicted octanol–water partition coefficient (Wildman–Crippen LogP) is 1.33. The summed E-state index contributed by atoms with van der Waals surface area (Å²) < 4.78 is 22.5. The first-order valence-electron chi connectivity index (χ1n) is 7.97. The van der Waals surface area contributed by atoms with Crippen LogP contribution in [0.3, 0.4) is 0 Å². The minimum Gasteiger partial charge on any atom is -0.348 e. The molecule has 0 saturated carbocycles. The molecule has 0 unspecified atom stereocenters. The molecule has 2 atom stereocenters. The summed E-state index contributed by atoms with van der Waals surface area (Å²) in [7, 11) is -3.76. The smallest absolute Gasteiger partial charge is 0.251 e. The summed E-state index contributed by atoms with van der Waals surface area (Å²) in [6, 6.07) is 13.4. The third-order valence-electron chi connectivity index (χ3n) is 3.84. The number of hydrogen-bond donors (Lipinski definition) is 3. The summed E-state index contributed by atoms with van der Waals surface area (Å²) in [6.45, 7) is 3.35. The van der Waals surface area contributed by atoms with Gasteiger partial charge in [0, 0.05) is 5.56 Å². The van der Waals surface area contributed by atoms with E-state index in [1.54, 1.807) is 56.3 Å². The molecule has 2 rings (SSSR count). The van der Waals surface area contributed by atoms with Crippen molar-refractivity contribution in [1.82, 2.24) is 10.6 Å². The molecule has 2 aromatic rings. The van der Waals surface area contributed by atoms with Crippen molar-refractivity contribution in [3.8, 4) is 0 Å². The molecule has 0 heterocycles. The van der Waals surface area contributed by atoms with E-state index in [2.05, 4.69) is 10.6 Å². The molecule has 0 aromatic heterocycles. The van der Waals surface area contributed by atoms with E-state index in [1.807, 2.05) is 0 Å². The number of hydrogen-bond acceptors (Lipinski definition) is 4. The predicted molar refractivity (Wildman–Crippen MR) is 97.7 cm³/mol. The maximum atomic E-state index is 12.3. The zero-order valence-electron chi connectivity index (χ0n) is 14.5. The Morgan fingerprint density at radius 1 is 0.923 bits per heavy atom. The second kappa shape index (κ2) is 8.11. The Labute approximate surface area is 152 Å². The van der Waals surface area contributed by atoms with Gasteiger partial charge in [0.25, 0.3) is 5.91 Å². The van der Waals surface area contributed by atoms with Gasteiger partial charge in [-0.1, -0.05) is 30.3 Å². The minimum absolute atomic E-state index is 0.00303. The summed E-state index contributed by atoms with van der Waals surface area (Å²) in [5, 5.41) is 10.5. The highest BCUT2D eigenvalue weighted by Crippen LogP contribution is 2.15. The summed E-state index contributed by atoms with van der Waals surface area (Å²) in [5.74, 6) is -0.685. The van der Waals surface area contributed by atoms with E-state index in [4.69, 9.17) is 5.14 Å². The van der Waals surface area contributed by atoms with Crippen LogP contribution in [0, 0.1) is 0 Å². The fourth-order valence-corrected chi connectivity index (χ4v) is 2.82. The maximum absolute atomic E-state index is 12.3. The quantitative estimate of drug-likeness (QED) is 0.706. The summed E-state index contributed by atoms with van der Waals surface area (Å²) >= 11 is 0. The van der Waals surface area contributed by atoms with Gasteiger partial charge in [0.1, 0.15) is 6.04 Å². The molecule has 138 valence electrons. The Kier molecular flexibility index (Phi) is 6.12. The van der Waals surface area contributed by atoms with Crippen LogP contribution in [0.4, 0.5) is 0 Å². The number of carbonyl (C=O) groups is 2. The lowest BCUT2D eigenvalue weighted by atomic mass is 10.1. The Morgan fingerprint density at radius 2 is 1.50 bits per heavy atom. The van der Waals surface area contributed by atoms with Crippen molar-refractivity contribution in [1.29, 1.82) is 0 Å². The Morgan fingerprint density at radius 3 is 2.04 bits per heavy atom. The molecular weight excluding hydrogens is 354 g/mol. The van der Waals surface area contributed by atoms with Crippen LogP contribution in [0.25, 0.3) is 0 Å². The fraction of sp³-hybridized carbons (Fsp3) is 0.222. The lowest BCUT2D eigenvalue weighted by molar-refractivity contribution is -0.123. The molecule has 8 heteroatoms. The van der Waals surface area contributed by atoms with Crippen LogP contribution in [0.2, 0.25) is 0 Å². The number of nitrogens with one attached hydrogen (secondary N) is 2. The summed E-state index contributed by atoms with van der Waals surface area (Å²) in [4.78, 5) is 24.4. The van der Waals surface area contributed by atoms with Gasteiger partial charge in [-0.25, -0.2) is 13.6 Å². The first-order chi connectivity index (χ1) is 12.2. The monoisotopic (exact) mass is 375 g/mol. The maximum Gasteiger partial charge on any atom is 0.251 e. The van der Waals surface area contributed by atoms with Crippen LogP contribution < -0.4 is 15.8 Å². The lowest BCUT2D eigenvalue weighted by Gasteiger charge is -2.19. The van der Waals surface area contributed by atoms with Crippen LogP contribution in [0.1, 0.15) is 35.8 Å². The van der Waals surface area contributed by atoms with Gasteiger partial charge in [-0.2, -0.15) is 0 Å². The second-order valence-electron chi connectivity index (χ2n) is 5.91. The van der Waals surface area contributed by atoms with Gasteiger partial charge in [0.15, 0.2) is 0 Å². The van der Waals surface area contributed by atoms with Crippen molar-refractivity contribution in [2.75, 3.05) is 0 Å². The Bertz CT molecular complexity index is 880. The van der Waals surface area contributed by atoms with Gasteiger partial charge >= 0.3 is 0 Å². The number of primary sulfonamides is 1. The van der Waals surface area contributed by atoms with E-state index < -0.39 is 16.1 Å². The van der Waals surface area contributed by atoms with Crippen molar-refractivity contribution in [2.24, 2.45) is 5.14 Å². The molecule has 0 aliphatic heterocycles. The van der Waals surface area contributed by atoms with Gasteiger partial charge in [-0.15, -0.1) is 0 Å². The normalized spacial score (nSPS) is 13.5. The fourth-order valence-electron chi connectivity index (χ4n) is 2.30. The van der Waals surface area contributed by atoms with E-state index >= 15 is 0 Å². The van der Waals surface area contributed by atoms with Gasteiger partial charge in [-0.05, 0) is 43.7 Å². The highest BCUT2D eigenvalue weighted by atomic mass is 32.2.